The van der Waals surface area contributed by atoms with E-state index in [0.717, 1.165) is 28.3 Å². The molecule has 0 amide bonds. The fraction of sp³-hybridized carbons (Fsp3) is 0.111. The molecule has 0 bridgehead atoms. The minimum absolute atomic E-state index is 0.656. The van der Waals surface area contributed by atoms with E-state index < -0.39 is 0 Å². The summed E-state index contributed by atoms with van der Waals surface area (Å²) in [5.74, 6) is 1.65. The van der Waals surface area contributed by atoms with Crippen molar-refractivity contribution in [2.45, 2.75) is 0 Å². The Morgan fingerprint density at radius 3 is 2.12 bits per heavy atom. The van der Waals surface area contributed by atoms with E-state index in [9.17, 15) is 0 Å². The summed E-state index contributed by atoms with van der Waals surface area (Å²) >= 11 is 1.47. The second-order valence-corrected chi connectivity index (χ2v) is 5.75. The van der Waals surface area contributed by atoms with E-state index in [1.54, 1.807) is 20.4 Å². The Morgan fingerprint density at radius 1 is 0.958 bits per heavy atom. The highest BCUT2D eigenvalue weighted by molar-refractivity contribution is 8.16. The van der Waals surface area contributed by atoms with Crippen LogP contribution in [0.5, 0.6) is 11.5 Å². The molecule has 3 rings (SSSR count). The molecule has 0 aromatic heterocycles. The molecule has 1 heterocycles. The van der Waals surface area contributed by atoms with Gasteiger partial charge < -0.3 is 9.47 Å². The highest BCUT2D eigenvalue weighted by Crippen LogP contribution is 2.23. The molecule has 1 N–H and O–H groups in total. The number of thioether (sulfide) groups is 1. The maximum Gasteiger partial charge on any atom is 0.210 e. The minimum atomic E-state index is 0.656. The van der Waals surface area contributed by atoms with Gasteiger partial charge in [0.25, 0.3) is 0 Å². The number of amidine groups is 1. The van der Waals surface area contributed by atoms with Crippen LogP contribution in [0.1, 0.15) is 11.1 Å². The predicted molar refractivity (Wildman–Crippen MR) is 99.7 cm³/mol. The lowest BCUT2D eigenvalue weighted by atomic mass is 10.2. The topological polar surface area (TPSA) is 55.2 Å². The van der Waals surface area contributed by atoms with Gasteiger partial charge in [-0.25, -0.2) is 4.99 Å². The van der Waals surface area contributed by atoms with Gasteiger partial charge in [0, 0.05) is 17.2 Å². The number of aliphatic imine (C=N–C) groups is 1. The van der Waals surface area contributed by atoms with Gasteiger partial charge in [0.05, 0.1) is 19.9 Å². The lowest BCUT2D eigenvalue weighted by molar-refractivity contribution is 0.414. The standard InChI is InChI=1S/C18H17N3O2S/c1-22-15-7-3-13(4-8-15)11-19-18-21-20-17(12-24-18)14-5-9-16(23-2)10-6-14/h3-12,20H,1-2H3. The summed E-state index contributed by atoms with van der Waals surface area (Å²) in [6.45, 7) is 0. The van der Waals surface area contributed by atoms with E-state index in [1.165, 1.54) is 11.8 Å². The monoisotopic (exact) mass is 339 g/mol. The molecule has 6 heteroatoms. The quantitative estimate of drug-likeness (QED) is 0.863. The van der Waals surface area contributed by atoms with Gasteiger partial charge >= 0.3 is 0 Å². The van der Waals surface area contributed by atoms with Crippen molar-refractivity contribution in [1.29, 1.82) is 0 Å². The van der Waals surface area contributed by atoms with E-state index in [4.69, 9.17) is 9.47 Å². The predicted octanol–water partition coefficient (Wildman–Crippen LogP) is 3.73. The fourth-order valence-electron chi connectivity index (χ4n) is 2.05. The molecule has 2 aromatic carbocycles. The number of rotatable bonds is 4. The first kappa shape index (κ1) is 16.1. The highest BCUT2D eigenvalue weighted by Gasteiger charge is 2.08. The zero-order valence-electron chi connectivity index (χ0n) is 13.4. The van der Waals surface area contributed by atoms with Crippen molar-refractivity contribution < 1.29 is 9.47 Å². The number of ether oxygens (including phenoxy) is 2. The van der Waals surface area contributed by atoms with Crippen molar-refractivity contribution in [2.75, 3.05) is 14.2 Å². The van der Waals surface area contributed by atoms with Gasteiger partial charge in [-0.2, -0.15) is 0 Å². The zero-order valence-corrected chi connectivity index (χ0v) is 14.2. The summed E-state index contributed by atoms with van der Waals surface area (Å²) in [7, 11) is 3.30. The molecule has 0 radical (unpaired) electrons. The van der Waals surface area contributed by atoms with Crippen LogP contribution in [0.25, 0.3) is 5.70 Å². The van der Waals surface area contributed by atoms with Crippen LogP contribution in [0.4, 0.5) is 0 Å². The summed E-state index contributed by atoms with van der Waals surface area (Å²) in [5, 5.41) is 6.94. The van der Waals surface area contributed by atoms with E-state index in [1.807, 2.05) is 53.9 Å². The lowest BCUT2D eigenvalue weighted by Crippen LogP contribution is -2.10. The third-order valence-corrected chi connectivity index (χ3v) is 4.16. The molecule has 0 atom stereocenters. The molecule has 2 aromatic rings. The Kier molecular flexibility index (Phi) is 5.18. The van der Waals surface area contributed by atoms with Crippen LogP contribution in [-0.4, -0.2) is 25.6 Å². The molecule has 5 nitrogen and oxygen atoms in total. The summed E-state index contributed by atoms with van der Waals surface area (Å²) in [4.78, 5) is 4.38. The number of hydrogen-bond acceptors (Lipinski definition) is 6. The largest absolute Gasteiger partial charge is 0.497 e. The van der Waals surface area contributed by atoms with Gasteiger partial charge in [-0.05, 0) is 54.1 Å². The van der Waals surface area contributed by atoms with Crippen LogP contribution in [0.2, 0.25) is 0 Å². The van der Waals surface area contributed by atoms with Crippen molar-refractivity contribution in [3.05, 3.63) is 65.1 Å². The number of nitrogens with one attached hydrogen (secondary N) is 1. The van der Waals surface area contributed by atoms with Crippen molar-refractivity contribution in [2.24, 2.45) is 10.1 Å². The molecular formula is C18H17N3O2S. The van der Waals surface area contributed by atoms with E-state index in [0.29, 0.717) is 5.17 Å². The van der Waals surface area contributed by atoms with Gasteiger partial charge in [-0.15, -0.1) is 5.10 Å². The minimum Gasteiger partial charge on any atom is -0.497 e. The molecule has 24 heavy (non-hydrogen) atoms. The molecule has 0 saturated heterocycles. The molecule has 0 unspecified atom stereocenters. The number of methoxy groups -OCH3 is 2. The average molecular weight is 339 g/mol. The normalized spacial score (nSPS) is 13.9. The number of hydrazone groups is 1. The summed E-state index contributed by atoms with van der Waals surface area (Å²) in [5.41, 5.74) is 6.00. The molecule has 0 saturated carbocycles. The van der Waals surface area contributed by atoms with Gasteiger partial charge in [-0.1, -0.05) is 11.8 Å². The summed E-state index contributed by atoms with van der Waals surface area (Å²) in [6, 6.07) is 15.5. The Bertz CT molecular complexity index is 781. The van der Waals surface area contributed by atoms with Crippen LogP contribution >= 0.6 is 11.8 Å². The average Bonchev–Trinajstić information content (AvgIpc) is 2.67. The van der Waals surface area contributed by atoms with Crippen molar-refractivity contribution in [3.8, 4) is 11.5 Å². The van der Waals surface area contributed by atoms with Crippen molar-refractivity contribution in [1.82, 2.24) is 5.43 Å². The van der Waals surface area contributed by atoms with Crippen LogP contribution in [0, 0.1) is 0 Å². The van der Waals surface area contributed by atoms with Gasteiger partial charge in [0.2, 0.25) is 5.17 Å². The third-order valence-electron chi connectivity index (χ3n) is 3.40. The Hall–Kier alpha value is -2.73. The van der Waals surface area contributed by atoms with Gasteiger partial charge in [-0.3, -0.25) is 5.43 Å². The second kappa shape index (κ2) is 7.70. The first-order chi connectivity index (χ1) is 11.8. The Labute approximate surface area is 145 Å². The fourth-order valence-corrected chi connectivity index (χ4v) is 2.68. The van der Waals surface area contributed by atoms with Crippen LogP contribution in [-0.2, 0) is 0 Å². The number of nitrogens with zero attached hydrogens (tertiary/aromatic N) is 2. The van der Waals surface area contributed by atoms with Crippen LogP contribution in [0.15, 0.2) is 64.0 Å². The van der Waals surface area contributed by atoms with Gasteiger partial charge in [0.1, 0.15) is 11.5 Å². The molecule has 122 valence electrons. The van der Waals surface area contributed by atoms with Crippen molar-refractivity contribution in [3.63, 3.8) is 0 Å². The molecular weight excluding hydrogens is 322 g/mol. The van der Waals surface area contributed by atoms with Crippen molar-refractivity contribution >= 4 is 28.8 Å². The highest BCUT2D eigenvalue weighted by atomic mass is 32.2. The maximum absolute atomic E-state index is 5.16. The van der Waals surface area contributed by atoms with E-state index in [2.05, 4.69) is 15.5 Å². The van der Waals surface area contributed by atoms with Gasteiger partial charge in [0.15, 0.2) is 0 Å². The van der Waals surface area contributed by atoms with E-state index >= 15 is 0 Å². The summed E-state index contributed by atoms with van der Waals surface area (Å²) in [6.07, 6.45) is 1.78. The maximum atomic E-state index is 5.16. The molecule has 0 aliphatic carbocycles. The smallest absolute Gasteiger partial charge is 0.210 e. The SMILES string of the molecule is COc1ccc(C=NC2=NNC(c3ccc(OC)cc3)=CS2)cc1. The lowest BCUT2D eigenvalue weighted by Gasteiger charge is -2.12. The zero-order chi connectivity index (χ0) is 16.8. The molecule has 0 fully saturated rings. The number of benzene rings is 2. The van der Waals surface area contributed by atoms with Crippen LogP contribution in [0.3, 0.4) is 0 Å². The molecule has 0 spiro atoms. The first-order valence-electron chi connectivity index (χ1n) is 7.31. The second-order valence-electron chi connectivity index (χ2n) is 4.92. The summed E-state index contributed by atoms with van der Waals surface area (Å²) < 4.78 is 10.3. The van der Waals surface area contributed by atoms with E-state index in [-0.39, 0.29) is 0 Å². The van der Waals surface area contributed by atoms with Crippen LogP contribution < -0.4 is 14.9 Å². The first-order valence-corrected chi connectivity index (χ1v) is 8.19. The molecule has 1 aliphatic heterocycles. The number of hydrogen-bond donors (Lipinski definition) is 1. The molecule has 1 aliphatic rings. The Balaban J connectivity index is 1.62. The Morgan fingerprint density at radius 2 is 1.58 bits per heavy atom. The third kappa shape index (κ3) is 3.97.